The molecule has 1 aliphatic heterocycles. The third kappa shape index (κ3) is 5.83. The average molecular weight is 431 g/mol. The van der Waals surface area contributed by atoms with Crippen molar-refractivity contribution in [2.75, 3.05) is 19.7 Å². The maximum absolute atomic E-state index is 12.8. The van der Waals surface area contributed by atoms with Gasteiger partial charge in [0, 0.05) is 31.1 Å². The second-order valence-corrected chi connectivity index (χ2v) is 9.65. The molecule has 7 heteroatoms. The van der Waals surface area contributed by atoms with Crippen molar-refractivity contribution in [2.24, 2.45) is 5.92 Å². The van der Waals surface area contributed by atoms with Gasteiger partial charge >= 0.3 is 0 Å². The minimum Gasteiger partial charge on any atom is -0.494 e. The summed E-state index contributed by atoms with van der Waals surface area (Å²) in [6.45, 7) is 5.61. The predicted molar refractivity (Wildman–Crippen MR) is 118 cm³/mol. The maximum atomic E-state index is 12.8. The van der Waals surface area contributed by atoms with Gasteiger partial charge in [0.25, 0.3) is 0 Å². The molecule has 2 aromatic carbocycles. The first kappa shape index (κ1) is 22.3. The molecule has 162 valence electrons. The lowest BCUT2D eigenvalue weighted by Gasteiger charge is -2.30. The molecule has 1 saturated heterocycles. The van der Waals surface area contributed by atoms with Crippen LogP contribution in [-0.4, -0.2) is 38.3 Å². The van der Waals surface area contributed by atoms with E-state index in [4.69, 9.17) is 4.74 Å². The van der Waals surface area contributed by atoms with Gasteiger partial charge in [-0.3, -0.25) is 4.79 Å². The highest BCUT2D eigenvalue weighted by Gasteiger charge is 2.31. The Bertz CT molecular complexity index is 967. The number of para-hydroxylation sites is 1. The van der Waals surface area contributed by atoms with Gasteiger partial charge in [0.1, 0.15) is 5.75 Å². The van der Waals surface area contributed by atoms with E-state index in [-0.39, 0.29) is 17.6 Å². The molecule has 6 nitrogen and oxygen atoms in total. The van der Waals surface area contributed by atoms with Crippen molar-refractivity contribution in [3.8, 4) is 5.75 Å². The van der Waals surface area contributed by atoms with Crippen LogP contribution >= 0.6 is 0 Å². The Morgan fingerprint density at radius 3 is 2.57 bits per heavy atom. The highest BCUT2D eigenvalue weighted by molar-refractivity contribution is 7.88. The van der Waals surface area contributed by atoms with Crippen molar-refractivity contribution in [3.63, 3.8) is 0 Å². The Kier molecular flexibility index (Phi) is 7.50. The summed E-state index contributed by atoms with van der Waals surface area (Å²) in [6.07, 6.45) is 1.07. The summed E-state index contributed by atoms with van der Waals surface area (Å²) in [4.78, 5) is 12.6. The SMILES string of the molecule is CCOc1ccccc1CNC(=O)C1CCN(S(=O)(=O)Cc2cccc(C)c2)CC1. The second-order valence-electron chi connectivity index (χ2n) is 7.68. The van der Waals surface area contributed by atoms with E-state index >= 15 is 0 Å². The van der Waals surface area contributed by atoms with Crippen LogP contribution in [0.25, 0.3) is 0 Å². The Balaban J connectivity index is 1.52. The molecule has 3 rings (SSSR count). The van der Waals surface area contributed by atoms with Gasteiger partial charge in [0.15, 0.2) is 0 Å². The number of sulfonamides is 1. The molecule has 1 fully saturated rings. The molecule has 0 unspecified atom stereocenters. The molecular formula is C23H30N2O4S. The van der Waals surface area contributed by atoms with Gasteiger partial charge in [-0.15, -0.1) is 0 Å². The predicted octanol–water partition coefficient (Wildman–Crippen LogP) is 3.25. The van der Waals surface area contributed by atoms with E-state index in [1.807, 2.05) is 62.4 Å². The lowest BCUT2D eigenvalue weighted by molar-refractivity contribution is -0.126. The summed E-state index contributed by atoms with van der Waals surface area (Å²) in [6, 6.07) is 15.2. The smallest absolute Gasteiger partial charge is 0.223 e. The maximum Gasteiger partial charge on any atom is 0.223 e. The van der Waals surface area contributed by atoms with E-state index in [9.17, 15) is 13.2 Å². The van der Waals surface area contributed by atoms with Gasteiger partial charge in [0.2, 0.25) is 15.9 Å². The van der Waals surface area contributed by atoms with Crippen LogP contribution in [0.2, 0.25) is 0 Å². The van der Waals surface area contributed by atoms with Crippen LogP contribution in [0.1, 0.15) is 36.5 Å². The number of ether oxygens (including phenoxy) is 1. The third-order valence-electron chi connectivity index (χ3n) is 5.38. The number of carbonyl (C=O) groups excluding carboxylic acids is 1. The number of nitrogens with zero attached hydrogens (tertiary/aromatic N) is 1. The lowest BCUT2D eigenvalue weighted by Crippen LogP contribution is -2.43. The van der Waals surface area contributed by atoms with Crippen LogP contribution < -0.4 is 10.1 Å². The van der Waals surface area contributed by atoms with Crippen molar-refractivity contribution in [2.45, 2.75) is 39.0 Å². The fourth-order valence-corrected chi connectivity index (χ4v) is 5.32. The number of nitrogens with one attached hydrogen (secondary N) is 1. The van der Waals surface area contributed by atoms with E-state index in [2.05, 4.69) is 5.32 Å². The minimum atomic E-state index is -3.38. The minimum absolute atomic E-state index is 0.000242. The quantitative estimate of drug-likeness (QED) is 0.698. The van der Waals surface area contributed by atoms with Crippen LogP contribution in [0, 0.1) is 12.8 Å². The van der Waals surface area contributed by atoms with E-state index in [1.165, 1.54) is 4.31 Å². The summed E-state index contributed by atoms with van der Waals surface area (Å²) < 4.78 is 32.6. The zero-order valence-electron chi connectivity index (χ0n) is 17.6. The number of benzene rings is 2. The summed E-state index contributed by atoms with van der Waals surface area (Å²) in [5.41, 5.74) is 2.78. The summed E-state index contributed by atoms with van der Waals surface area (Å²) >= 11 is 0. The number of carbonyl (C=O) groups is 1. The molecule has 0 radical (unpaired) electrons. The highest BCUT2D eigenvalue weighted by atomic mass is 32.2. The van der Waals surface area contributed by atoms with Gasteiger partial charge in [-0.1, -0.05) is 48.0 Å². The van der Waals surface area contributed by atoms with Crippen molar-refractivity contribution >= 4 is 15.9 Å². The van der Waals surface area contributed by atoms with Crippen LogP contribution in [-0.2, 0) is 27.1 Å². The van der Waals surface area contributed by atoms with Crippen molar-refractivity contribution in [3.05, 3.63) is 65.2 Å². The van der Waals surface area contributed by atoms with Gasteiger partial charge in [-0.2, -0.15) is 0 Å². The first-order chi connectivity index (χ1) is 14.4. The molecule has 1 heterocycles. The third-order valence-corrected chi connectivity index (χ3v) is 7.23. The molecule has 2 aromatic rings. The molecule has 0 atom stereocenters. The second kappa shape index (κ2) is 10.1. The van der Waals surface area contributed by atoms with Gasteiger partial charge in [0.05, 0.1) is 12.4 Å². The van der Waals surface area contributed by atoms with E-state index in [1.54, 1.807) is 0 Å². The average Bonchev–Trinajstić information content (AvgIpc) is 2.73. The number of aryl methyl sites for hydroxylation is 1. The monoisotopic (exact) mass is 430 g/mol. The zero-order chi connectivity index (χ0) is 21.6. The van der Waals surface area contributed by atoms with Crippen molar-refractivity contribution < 1.29 is 17.9 Å². The fraction of sp³-hybridized carbons (Fsp3) is 0.435. The Hall–Kier alpha value is -2.38. The molecule has 0 spiro atoms. The molecule has 1 aliphatic rings. The Morgan fingerprint density at radius 1 is 1.13 bits per heavy atom. The molecule has 30 heavy (non-hydrogen) atoms. The van der Waals surface area contributed by atoms with Gasteiger partial charge in [-0.05, 0) is 38.3 Å². The molecule has 1 amide bonds. The first-order valence-electron chi connectivity index (χ1n) is 10.4. The van der Waals surface area contributed by atoms with Gasteiger partial charge in [-0.25, -0.2) is 12.7 Å². The molecule has 0 bridgehead atoms. The Labute approximate surface area is 179 Å². The number of hydrogen-bond donors (Lipinski definition) is 1. The van der Waals surface area contributed by atoms with Gasteiger partial charge < -0.3 is 10.1 Å². The van der Waals surface area contributed by atoms with Crippen LogP contribution in [0.5, 0.6) is 5.75 Å². The first-order valence-corrected chi connectivity index (χ1v) is 12.0. The molecule has 1 N–H and O–H groups in total. The molecule has 0 aromatic heterocycles. The highest BCUT2D eigenvalue weighted by Crippen LogP contribution is 2.23. The van der Waals surface area contributed by atoms with Crippen LogP contribution in [0.15, 0.2) is 48.5 Å². The van der Waals surface area contributed by atoms with E-state index in [0.29, 0.717) is 39.1 Å². The normalized spacial score (nSPS) is 15.7. The number of piperidine rings is 1. The molecule has 0 aliphatic carbocycles. The van der Waals surface area contributed by atoms with Crippen molar-refractivity contribution in [1.29, 1.82) is 0 Å². The largest absolute Gasteiger partial charge is 0.494 e. The summed E-state index contributed by atoms with van der Waals surface area (Å²) in [5.74, 6) is 0.573. The van der Waals surface area contributed by atoms with Crippen LogP contribution in [0.4, 0.5) is 0 Å². The van der Waals surface area contributed by atoms with E-state index < -0.39 is 10.0 Å². The number of amides is 1. The lowest BCUT2D eigenvalue weighted by atomic mass is 9.97. The standard InChI is InChI=1S/C23H30N2O4S/c1-3-29-22-10-5-4-9-21(22)16-24-23(26)20-11-13-25(14-12-20)30(27,28)17-19-8-6-7-18(2)15-19/h4-10,15,20H,3,11-14,16-17H2,1-2H3,(H,24,26). The fourth-order valence-electron chi connectivity index (χ4n) is 3.77. The molecule has 0 saturated carbocycles. The van der Waals surface area contributed by atoms with Crippen molar-refractivity contribution in [1.82, 2.24) is 9.62 Å². The Morgan fingerprint density at radius 2 is 1.87 bits per heavy atom. The summed E-state index contributed by atoms with van der Waals surface area (Å²) in [5, 5.41) is 2.98. The zero-order valence-corrected chi connectivity index (χ0v) is 18.5. The topological polar surface area (TPSA) is 75.7 Å². The number of rotatable bonds is 8. The number of hydrogen-bond acceptors (Lipinski definition) is 4. The van der Waals surface area contributed by atoms with Crippen LogP contribution in [0.3, 0.4) is 0 Å². The summed E-state index contributed by atoms with van der Waals surface area (Å²) in [7, 11) is -3.38. The van der Waals surface area contributed by atoms with E-state index in [0.717, 1.165) is 22.4 Å². The molecular weight excluding hydrogens is 400 g/mol.